The number of rotatable bonds is 7. The van der Waals surface area contributed by atoms with Gasteiger partial charge < -0.3 is 10.1 Å². The minimum absolute atomic E-state index is 0.154. The van der Waals surface area contributed by atoms with Crippen molar-refractivity contribution in [1.29, 1.82) is 0 Å². The molecule has 5 heteroatoms. The minimum atomic E-state index is -0.966. The number of benzene rings is 2. The summed E-state index contributed by atoms with van der Waals surface area (Å²) in [5, 5.41) is 2.85. The summed E-state index contributed by atoms with van der Waals surface area (Å²) < 4.78 is 16.8. The van der Waals surface area contributed by atoms with E-state index in [-0.39, 0.29) is 5.91 Å². The van der Waals surface area contributed by atoms with Gasteiger partial charge in [-0.15, -0.1) is 0 Å². The molecule has 0 bridgehead atoms. The molecule has 0 aliphatic rings. The van der Waals surface area contributed by atoms with E-state index in [9.17, 15) is 9.00 Å². The average molecular weight is 317 g/mol. The van der Waals surface area contributed by atoms with E-state index < -0.39 is 10.8 Å². The fourth-order valence-electron chi connectivity index (χ4n) is 1.97. The summed E-state index contributed by atoms with van der Waals surface area (Å²) in [5.74, 6) is 0.813. The molecular formula is C17H19NO3S. The minimum Gasteiger partial charge on any atom is -0.384 e. The molecule has 4 nitrogen and oxygen atoms in total. The molecule has 0 spiro atoms. The molecule has 1 N–H and O–H groups in total. The third kappa shape index (κ3) is 5.09. The molecule has 0 radical (unpaired) electrons. The Kier molecular flexibility index (Phi) is 6.30. The molecule has 1 atom stereocenters. The van der Waals surface area contributed by atoms with Crippen molar-refractivity contribution in [2.24, 2.45) is 0 Å². The third-order valence-electron chi connectivity index (χ3n) is 3.06. The molecule has 0 fully saturated rings. The summed E-state index contributed by atoms with van der Waals surface area (Å²) in [5.41, 5.74) is 2.24. The summed E-state index contributed by atoms with van der Waals surface area (Å²) in [6.07, 6.45) is 0. The number of ether oxygens (including phenoxy) is 1. The zero-order valence-corrected chi connectivity index (χ0v) is 13.3. The Balaban J connectivity index is 1.99. The van der Waals surface area contributed by atoms with Crippen LogP contribution in [0.5, 0.6) is 0 Å². The molecule has 2 aromatic carbocycles. The maximum absolute atomic E-state index is 12.1. The first-order valence-electron chi connectivity index (χ1n) is 6.98. The summed E-state index contributed by atoms with van der Waals surface area (Å²) >= 11 is 0. The van der Waals surface area contributed by atoms with Crippen molar-refractivity contribution >= 4 is 22.4 Å². The lowest BCUT2D eigenvalue weighted by Gasteiger charge is -2.08. The lowest BCUT2D eigenvalue weighted by Crippen LogP contribution is -2.12. The van der Waals surface area contributed by atoms with Crippen molar-refractivity contribution in [3.63, 3.8) is 0 Å². The van der Waals surface area contributed by atoms with E-state index in [1.54, 1.807) is 19.2 Å². The number of amides is 1. The lowest BCUT2D eigenvalue weighted by atomic mass is 10.2. The van der Waals surface area contributed by atoms with Crippen LogP contribution in [0.1, 0.15) is 15.9 Å². The van der Waals surface area contributed by atoms with Crippen LogP contribution in [0.4, 0.5) is 5.69 Å². The van der Waals surface area contributed by atoms with Gasteiger partial charge in [-0.2, -0.15) is 0 Å². The van der Waals surface area contributed by atoms with Gasteiger partial charge in [-0.1, -0.05) is 30.3 Å². The maximum atomic E-state index is 12.1. The predicted octanol–water partition coefficient (Wildman–Crippen LogP) is 2.83. The van der Waals surface area contributed by atoms with Crippen LogP contribution in [0.25, 0.3) is 0 Å². The zero-order chi connectivity index (χ0) is 15.8. The number of hydrogen-bond donors (Lipinski definition) is 1. The predicted molar refractivity (Wildman–Crippen MR) is 89.4 cm³/mol. The molecule has 0 heterocycles. The molecule has 0 saturated heterocycles. The number of anilines is 1. The van der Waals surface area contributed by atoms with Gasteiger partial charge in [0.05, 0.1) is 6.61 Å². The molecule has 0 aliphatic carbocycles. The fourth-order valence-corrected chi connectivity index (χ4v) is 3.01. The van der Waals surface area contributed by atoms with Crippen molar-refractivity contribution in [3.8, 4) is 0 Å². The van der Waals surface area contributed by atoms with Crippen molar-refractivity contribution in [1.82, 2.24) is 0 Å². The van der Waals surface area contributed by atoms with Crippen molar-refractivity contribution in [2.75, 3.05) is 24.8 Å². The van der Waals surface area contributed by atoms with Gasteiger partial charge in [0.1, 0.15) is 0 Å². The summed E-state index contributed by atoms with van der Waals surface area (Å²) in [4.78, 5) is 12.1. The van der Waals surface area contributed by atoms with Crippen LogP contribution in [0.3, 0.4) is 0 Å². The maximum Gasteiger partial charge on any atom is 0.255 e. The molecule has 2 aromatic rings. The zero-order valence-electron chi connectivity index (χ0n) is 12.5. The number of methoxy groups -OCH3 is 1. The van der Waals surface area contributed by atoms with Gasteiger partial charge in [0.25, 0.3) is 5.91 Å². The highest BCUT2D eigenvalue weighted by Crippen LogP contribution is 2.14. The highest BCUT2D eigenvalue weighted by molar-refractivity contribution is 7.84. The number of nitrogens with one attached hydrogen (secondary N) is 1. The van der Waals surface area contributed by atoms with Gasteiger partial charge in [0.2, 0.25) is 0 Å². The van der Waals surface area contributed by atoms with Crippen LogP contribution in [0.2, 0.25) is 0 Å². The van der Waals surface area contributed by atoms with Gasteiger partial charge >= 0.3 is 0 Å². The first-order chi connectivity index (χ1) is 10.7. The Morgan fingerprint density at radius 1 is 1.14 bits per heavy atom. The van der Waals surface area contributed by atoms with E-state index in [1.807, 2.05) is 42.5 Å². The Labute approximate surface area is 133 Å². The second-order valence-corrected chi connectivity index (χ2v) is 6.38. The van der Waals surface area contributed by atoms with Crippen LogP contribution >= 0.6 is 0 Å². The number of carbonyl (C=O) groups excluding carboxylic acids is 1. The van der Waals surface area contributed by atoms with Crippen LogP contribution in [0, 0.1) is 0 Å². The van der Waals surface area contributed by atoms with Crippen molar-refractivity contribution in [2.45, 2.75) is 5.75 Å². The molecule has 0 aliphatic heterocycles. The van der Waals surface area contributed by atoms with Crippen molar-refractivity contribution in [3.05, 3.63) is 65.7 Å². The largest absolute Gasteiger partial charge is 0.384 e. The second-order valence-electron chi connectivity index (χ2n) is 4.80. The van der Waals surface area contributed by atoms with E-state index in [0.717, 1.165) is 5.56 Å². The number of hydrogen-bond acceptors (Lipinski definition) is 3. The van der Waals surface area contributed by atoms with Crippen LogP contribution in [-0.4, -0.2) is 29.6 Å². The first kappa shape index (κ1) is 16.4. The first-order valence-corrected chi connectivity index (χ1v) is 8.47. The average Bonchev–Trinajstić information content (AvgIpc) is 2.54. The van der Waals surface area contributed by atoms with E-state index >= 15 is 0 Å². The van der Waals surface area contributed by atoms with Crippen LogP contribution < -0.4 is 5.32 Å². The Hall–Kier alpha value is -1.98. The SMILES string of the molecule is COCC[S@](=O)Cc1cccc(NC(=O)c2ccccc2)c1. The normalized spacial score (nSPS) is 11.9. The van der Waals surface area contributed by atoms with E-state index in [0.29, 0.717) is 29.4 Å². The number of carbonyl (C=O) groups is 1. The molecule has 1 amide bonds. The molecular weight excluding hydrogens is 298 g/mol. The quantitative estimate of drug-likeness (QED) is 0.854. The van der Waals surface area contributed by atoms with Gasteiger partial charge in [-0.25, -0.2) is 0 Å². The van der Waals surface area contributed by atoms with Crippen molar-refractivity contribution < 1.29 is 13.7 Å². The van der Waals surface area contributed by atoms with Gasteiger partial charge in [0.15, 0.2) is 0 Å². The molecule has 0 unspecified atom stereocenters. The lowest BCUT2D eigenvalue weighted by molar-refractivity contribution is 0.102. The Bertz CT molecular complexity index is 643. The molecule has 0 saturated carbocycles. The summed E-state index contributed by atoms with van der Waals surface area (Å²) in [6, 6.07) is 16.5. The van der Waals surface area contributed by atoms with Crippen LogP contribution in [-0.2, 0) is 21.3 Å². The standard InChI is InChI=1S/C17H19NO3S/c1-21-10-11-22(20)13-14-6-5-9-16(12-14)18-17(19)15-7-3-2-4-8-15/h2-9,12H,10-11,13H2,1H3,(H,18,19)/t22-/m0/s1. The molecule has 2 rings (SSSR count). The van der Waals surface area contributed by atoms with Gasteiger partial charge in [0, 0.05) is 40.7 Å². The Morgan fingerprint density at radius 2 is 1.91 bits per heavy atom. The van der Waals surface area contributed by atoms with Crippen LogP contribution in [0.15, 0.2) is 54.6 Å². The topological polar surface area (TPSA) is 55.4 Å². The molecule has 116 valence electrons. The van der Waals surface area contributed by atoms with E-state index in [1.165, 1.54) is 0 Å². The van der Waals surface area contributed by atoms with Gasteiger partial charge in [-0.3, -0.25) is 9.00 Å². The highest BCUT2D eigenvalue weighted by atomic mass is 32.2. The highest BCUT2D eigenvalue weighted by Gasteiger charge is 2.07. The summed E-state index contributed by atoms with van der Waals surface area (Å²) in [6.45, 7) is 0.483. The monoisotopic (exact) mass is 317 g/mol. The summed E-state index contributed by atoms with van der Waals surface area (Å²) in [7, 11) is 0.629. The molecule has 22 heavy (non-hydrogen) atoms. The smallest absolute Gasteiger partial charge is 0.255 e. The second kappa shape index (κ2) is 8.46. The van der Waals surface area contributed by atoms with E-state index in [4.69, 9.17) is 4.74 Å². The third-order valence-corrected chi connectivity index (χ3v) is 4.34. The Morgan fingerprint density at radius 3 is 2.64 bits per heavy atom. The molecule has 0 aromatic heterocycles. The fraction of sp³-hybridized carbons (Fsp3) is 0.235. The van der Waals surface area contributed by atoms with Gasteiger partial charge in [-0.05, 0) is 29.8 Å². The van der Waals surface area contributed by atoms with E-state index in [2.05, 4.69) is 5.32 Å².